The van der Waals surface area contributed by atoms with Crippen LogP contribution in [0.15, 0.2) is 78.9 Å². The maximum atomic E-state index is 13.0. The van der Waals surface area contributed by atoms with Gasteiger partial charge in [0.05, 0.1) is 6.61 Å². The second-order valence-electron chi connectivity index (χ2n) is 8.09. The molecule has 0 bridgehead atoms. The van der Waals surface area contributed by atoms with Crippen LogP contribution in [-0.2, 0) is 12.8 Å². The average molecular weight is 429 g/mol. The fourth-order valence-electron chi connectivity index (χ4n) is 4.05. The van der Waals surface area contributed by atoms with Gasteiger partial charge in [-0.05, 0) is 54.3 Å². The zero-order valence-electron chi connectivity index (χ0n) is 18.3. The van der Waals surface area contributed by atoms with E-state index in [0.717, 1.165) is 29.7 Å². The lowest BCUT2D eigenvalue weighted by atomic mass is 10.0. The quantitative estimate of drug-likeness (QED) is 0.587. The number of rotatable bonds is 8. The molecule has 5 heteroatoms. The fourth-order valence-corrected chi connectivity index (χ4v) is 4.05. The van der Waals surface area contributed by atoms with E-state index in [1.54, 1.807) is 11.0 Å². The van der Waals surface area contributed by atoms with Gasteiger partial charge < -0.3 is 15.0 Å². The number of hydrogen-bond acceptors (Lipinski definition) is 3. The molecule has 0 fully saturated rings. The van der Waals surface area contributed by atoms with Gasteiger partial charge in [-0.25, -0.2) is 0 Å². The Morgan fingerprint density at radius 3 is 2.44 bits per heavy atom. The molecular weight excluding hydrogens is 400 g/mol. The van der Waals surface area contributed by atoms with E-state index in [0.29, 0.717) is 30.7 Å². The van der Waals surface area contributed by atoms with E-state index in [1.165, 1.54) is 0 Å². The SMILES string of the molecule is CN(C(=O)c1ccccc1)C(CCNC(=O)c1ccc2c(c1)CCO2)Cc1ccccc1. The van der Waals surface area contributed by atoms with Crippen LogP contribution in [0.1, 0.15) is 38.3 Å². The smallest absolute Gasteiger partial charge is 0.253 e. The van der Waals surface area contributed by atoms with Gasteiger partial charge in [0.25, 0.3) is 11.8 Å². The molecule has 0 saturated heterocycles. The monoisotopic (exact) mass is 428 g/mol. The summed E-state index contributed by atoms with van der Waals surface area (Å²) in [6, 6.07) is 25.0. The summed E-state index contributed by atoms with van der Waals surface area (Å²) in [5.74, 6) is 0.747. The third-order valence-corrected chi connectivity index (χ3v) is 5.92. The first-order chi connectivity index (χ1) is 15.6. The predicted octanol–water partition coefficient (Wildman–Crippen LogP) is 4.12. The standard InChI is InChI=1S/C27H28N2O3/c1-29(27(31)21-10-6-3-7-11-21)24(18-20-8-4-2-5-9-20)14-16-28-26(30)23-12-13-25-22(19-23)15-17-32-25/h2-13,19,24H,14-18H2,1H3,(H,28,30). The summed E-state index contributed by atoms with van der Waals surface area (Å²) < 4.78 is 5.52. The molecule has 4 rings (SSSR count). The Bertz CT molecular complexity index is 1070. The molecule has 0 saturated carbocycles. The topological polar surface area (TPSA) is 58.6 Å². The van der Waals surface area contributed by atoms with Crippen LogP contribution in [-0.4, -0.2) is 43.0 Å². The molecule has 0 aromatic heterocycles. The minimum atomic E-state index is -0.102. The number of nitrogens with zero attached hydrogens (tertiary/aromatic N) is 1. The Kier molecular flexibility index (Phi) is 6.85. The molecule has 2 amide bonds. The number of amides is 2. The second-order valence-corrected chi connectivity index (χ2v) is 8.09. The maximum absolute atomic E-state index is 13.0. The molecule has 0 radical (unpaired) electrons. The first kappa shape index (κ1) is 21.6. The molecule has 3 aromatic rings. The highest BCUT2D eigenvalue weighted by Crippen LogP contribution is 2.25. The highest BCUT2D eigenvalue weighted by Gasteiger charge is 2.22. The summed E-state index contributed by atoms with van der Waals surface area (Å²) in [4.78, 5) is 27.5. The molecule has 5 nitrogen and oxygen atoms in total. The van der Waals surface area contributed by atoms with Gasteiger partial charge in [-0.1, -0.05) is 48.5 Å². The highest BCUT2D eigenvalue weighted by molar-refractivity contribution is 5.95. The Labute approximate surface area is 189 Å². The number of carbonyl (C=O) groups excluding carboxylic acids is 2. The van der Waals surface area contributed by atoms with Crippen LogP contribution in [0.25, 0.3) is 0 Å². The van der Waals surface area contributed by atoms with E-state index < -0.39 is 0 Å². The Hall–Kier alpha value is -3.60. The zero-order valence-corrected chi connectivity index (χ0v) is 18.3. The predicted molar refractivity (Wildman–Crippen MR) is 125 cm³/mol. The van der Waals surface area contributed by atoms with Gasteiger partial charge in [0.2, 0.25) is 0 Å². The lowest BCUT2D eigenvalue weighted by molar-refractivity contribution is 0.0723. The Morgan fingerprint density at radius 2 is 1.69 bits per heavy atom. The van der Waals surface area contributed by atoms with Crippen molar-refractivity contribution in [3.63, 3.8) is 0 Å². The third kappa shape index (κ3) is 5.17. The average Bonchev–Trinajstić information content (AvgIpc) is 3.31. The third-order valence-electron chi connectivity index (χ3n) is 5.92. The summed E-state index contributed by atoms with van der Waals surface area (Å²) in [7, 11) is 1.84. The molecule has 1 aliphatic heterocycles. The number of likely N-dealkylation sites (N-methyl/N-ethyl adjacent to an activating group) is 1. The molecule has 3 aromatic carbocycles. The molecule has 0 aliphatic carbocycles. The van der Waals surface area contributed by atoms with Crippen LogP contribution in [0.4, 0.5) is 0 Å². The first-order valence-corrected chi connectivity index (χ1v) is 11.0. The molecule has 1 heterocycles. The lowest BCUT2D eigenvalue weighted by Crippen LogP contribution is -2.41. The molecule has 164 valence electrons. The van der Waals surface area contributed by atoms with Crippen LogP contribution in [0.2, 0.25) is 0 Å². The van der Waals surface area contributed by atoms with Crippen LogP contribution in [0.3, 0.4) is 0 Å². The van der Waals surface area contributed by atoms with Crippen molar-refractivity contribution >= 4 is 11.8 Å². The Morgan fingerprint density at radius 1 is 0.969 bits per heavy atom. The summed E-state index contributed by atoms with van der Waals surface area (Å²) in [5, 5.41) is 3.02. The summed E-state index contributed by atoms with van der Waals surface area (Å²) >= 11 is 0. The molecule has 1 unspecified atom stereocenters. The molecular formula is C27H28N2O3. The highest BCUT2D eigenvalue weighted by atomic mass is 16.5. The van der Waals surface area contributed by atoms with E-state index >= 15 is 0 Å². The van der Waals surface area contributed by atoms with Gasteiger partial charge in [-0.2, -0.15) is 0 Å². The van der Waals surface area contributed by atoms with Gasteiger partial charge in [0.1, 0.15) is 5.75 Å². The normalized spacial score (nSPS) is 13.0. The Balaban J connectivity index is 1.41. The van der Waals surface area contributed by atoms with E-state index in [4.69, 9.17) is 4.74 Å². The van der Waals surface area contributed by atoms with Crippen molar-refractivity contribution in [1.82, 2.24) is 10.2 Å². The number of benzene rings is 3. The summed E-state index contributed by atoms with van der Waals surface area (Å²) in [6.07, 6.45) is 2.22. The number of hydrogen-bond donors (Lipinski definition) is 1. The van der Waals surface area contributed by atoms with E-state index in [9.17, 15) is 9.59 Å². The minimum absolute atomic E-state index is 0.0171. The van der Waals surface area contributed by atoms with Crippen molar-refractivity contribution < 1.29 is 14.3 Å². The van der Waals surface area contributed by atoms with Crippen molar-refractivity contribution in [1.29, 1.82) is 0 Å². The van der Waals surface area contributed by atoms with Gasteiger partial charge in [-0.15, -0.1) is 0 Å². The maximum Gasteiger partial charge on any atom is 0.253 e. The van der Waals surface area contributed by atoms with Crippen molar-refractivity contribution in [2.75, 3.05) is 20.2 Å². The second kappa shape index (κ2) is 10.1. The van der Waals surface area contributed by atoms with Gasteiger partial charge in [-0.3, -0.25) is 9.59 Å². The van der Waals surface area contributed by atoms with Crippen molar-refractivity contribution in [2.24, 2.45) is 0 Å². The van der Waals surface area contributed by atoms with Crippen molar-refractivity contribution in [2.45, 2.75) is 25.3 Å². The first-order valence-electron chi connectivity index (χ1n) is 11.0. The number of fused-ring (bicyclic) bond motifs is 1. The van der Waals surface area contributed by atoms with E-state index in [1.807, 2.05) is 67.7 Å². The van der Waals surface area contributed by atoms with Crippen LogP contribution >= 0.6 is 0 Å². The van der Waals surface area contributed by atoms with Crippen LogP contribution < -0.4 is 10.1 Å². The van der Waals surface area contributed by atoms with Gasteiger partial charge >= 0.3 is 0 Å². The molecule has 1 atom stereocenters. The van der Waals surface area contributed by atoms with Crippen molar-refractivity contribution in [3.05, 3.63) is 101 Å². The van der Waals surface area contributed by atoms with E-state index in [-0.39, 0.29) is 17.9 Å². The molecule has 32 heavy (non-hydrogen) atoms. The lowest BCUT2D eigenvalue weighted by Gasteiger charge is -2.29. The summed E-state index contributed by atoms with van der Waals surface area (Å²) in [6.45, 7) is 1.15. The van der Waals surface area contributed by atoms with Gasteiger partial charge in [0, 0.05) is 37.2 Å². The van der Waals surface area contributed by atoms with Crippen molar-refractivity contribution in [3.8, 4) is 5.75 Å². The number of nitrogens with one attached hydrogen (secondary N) is 1. The number of carbonyl (C=O) groups is 2. The fraction of sp³-hybridized carbons (Fsp3) is 0.259. The molecule has 1 N–H and O–H groups in total. The largest absolute Gasteiger partial charge is 0.493 e. The molecule has 1 aliphatic rings. The van der Waals surface area contributed by atoms with Crippen LogP contribution in [0.5, 0.6) is 5.75 Å². The molecule has 0 spiro atoms. The van der Waals surface area contributed by atoms with Crippen LogP contribution in [0, 0.1) is 0 Å². The zero-order chi connectivity index (χ0) is 22.3. The number of ether oxygens (including phenoxy) is 1. The summed E-state index contributed by atoms with van der Waals surface area (Å²) in [5.41, 5.74) is 3.54. The minimum Gasteiger partial charge on any atom is -0.493 e. The van der Waals surface area contributed by atoms with Gasteiger partial charge in [0.15, 0.2) is 0 Å². The van der Waals surface area contributed by atoms with E-state index in [2.05, 4.69) is 17.4 Å².